The number of hydrogen-bond donors (Lipinski definition) is 2. The molecule has 0 bridgehead atoms. The third-order valence-corrected chi connectivity index (χ3v) is 5.24. The summed E-state index contributed by atoms with van der Waals surface area (Å²) in [5.74, 6) is -0.879. The molecule has 1 aromatic heterocycles. The highest BCUT2D eigenvalue weighted by atomic mass is 16.4. The number of aliphatic hydroxyl groups excluding tert-OH is 1. The molecule has 34 heavy (non-hydrogen) atoms. The summed E-state index contributed by atoms with van der Waals surface area (Å²) in [4.78, 5) is 11.9. The van der Waals surface area contributed by atoms with Gasteiger partial charge in [-0.05, 0) is 50.8 Å². The number of hydrogen-bond acceptors (Lipinski definition) is 2. The maximum Gasteiger partial charge on any atom is 0.353 e. The molecular weight excluding hydrogens is 422 g/mol. The Labute approximate surface area is 205 Å². The van der Waals surface area contributed by atoms with Crippen LogP contribution in [0.25, 0.3) is 22.0 Å². The van der Waals surface area contributed by atoms with Gasteiger partial charge in [-0.2, -0.15) is 0 Å². The van der Waals surface area contributed by atoms with E-state index in [1.165, 1.54) is 5.56 Å². The van der Waals surface area contributed by atoms with Gasteiger partial charge in [0.15, 0.2) is 0 Å². The highest BCUT2D eigenvalue weighted by molar-refractivity contribution is 6.08. The number of aryl methyl sites for hydroxylation is 2. The number of nitrogens with zero attached hydrogens (tertiary/aromatic N) is 1. The lowest BCUT2D eigenvalue weighted by atomic mass is 9.99. The van der Waals surface area contributed by atoms with Crippen molar-refractivity contribution in [3.63, 3.8) is 0 Å². The van der Waals surface area contributed by atoms with E-state index in [1.807, 2.05) is 81.7 Å². The number of aromatic nitrogens is 1. The summed E-state index contributed by atoms with van der Waals surface area (Å²) in [5.41, 5.74) is 5.42. The molecule has 3 aromatic rings. The van der Waals surface area contributed by atoms with Gasteiger partial charge in [0.1, 0.15) is 5.69 Å². The molecule has 4 heteroatoms. The number of para-hydroxylation sites is 1. The zero-order chi connectivity index (χ0) is 25.7. The van der Waals surface area contributed by atoms with Gasteiger partial charge in [0.05, 0.1) is 6.10 Å². The second-order valence-corrected chi connectivity index (χ2v) is 7.99. The maximum absolute atomic E-state index is 11.9. The van der Waals surface area contributed by atoms with E-state index < -0.39 is 5.97 Å². The quantitative estimate of drug-likeness (QED) is 0.334. The fourth-order valence-electron chi connectivity index (χ4n) is 3.92. The molecule has 3 rings (SSSR count). The number of carboxylic acids is 1. The average Bonchev–Trinajstić information content (AvgIpc) is 3.16. The first-order valence-electron chi connectivity index (χ1n) is 12.2. The van der Waals surface area contributed by atoms with Crippen LogP contribution in [-0.2, 0) is 13.0 Å². The maximum atomic E-state index is 11.9. The first-order valence-corrected chi connectivity index (χ1v) is 12.2. The Kier molecular flexibility index (Phi) is 12.7. The molecule has 0 aliphatic carbocycles. The van der Waals surface area contributed by atoms with Gasteiger partial charge in [0.2, 0.25) is 0 Å². The van der Waals surface area contributed by atoms with Crippen molar-refractivity contribution < 1.29 is 15.0 Å². The van der Waals surface area contributed by atoms with Crippen molar-refractivity contribution >= 4 is 16.9 Å². The summed E-state index contributed by atoms with van der Waals surface area (Å²) in [7, 11) is 0. The third-order valence-electron chi connectivity index (χ3n) is 5.24. The summed E-state index contributed by atoms with van der Waals surface area (Å²) in [5, 5.41) is 19.8. The molecule has 0 fully saturated rings. The first-order chi connectivity index (χ1) is 16.3. The summed E-state index contributed by atoms with van der Waals surface area (Å²) in [6, 6.07) is 16.2. The van der Waals surface area contributed by atoms with E-state index in [2.05, 4.69) is 25.6 Å². The molecule has 0 aliphatic rings. The smallest absolute Gasteiger partial charge is 0.353 e. The van der Waals surface area contributed by atoms with Crippen LogP contribution in [-0.4, -0.2) is 26.9 Å². The lowest BCUT2D eigenvalue weighted by Gasteiger charge is -2.07. The molecule has 1 atom stereocenters. The van der Waals surface area contributed by atoms with Gasteiger partial charge >= 0.3 is 5.97 Å². The van der Waals surface area contributed by atoms with Crippen LogP contribution < -0.4 is 0 Å². The second kappa shape index (κ2) is 14.9. The molecule has 2 N–H and O–H groups in total. The highest BCUT2D eigenvalue weighted by Gasteiger charge is 2.22. The fourth-order valence-corrected chi connectivity index (χ4v) is 3.92. The van der Waals surface area contributed by atoms with E-state index in [9.17, 15) is 9.90 Å². The molecule has 184 valence electrons. The Morgan fingerprint density at radius 2 is 1.71 bits per heavy atom. The molecule has 0 aliphatic heterocycles. The van der Waals surface area contributed by atoms with E-state index in [0.29, 0.717) is 18.7 Å². The van der Waals surface area contributed by atoms with Crippen LogP contribution in [0, 0.1) is 0 Å². The predicted octanol–water partition coefficient (Wildman–Crippen LogP) is 7.89. The standard InChI is InChI=1S/C20H21NO2.C8H14O.C2H6/c1-3-7-14-10-12-15(13-11-14)18-16-8-5-6-9-17(16)21(4-2)19(18)20(22)23;1-4-5-8(9)6-7(2)3;1-2/h5-6,8-13H,3-4,7H2,1-2H3,(H,22,23);4-5,8-9H,2,6H2,1,3H3;1-2H3/b;5-4-;. The van der Waals surface area contributed by atoms with Crippen LogP contribution in [0.1, 0.15) is 70.4 Å². The molecule has 0 radical (unpaired) electrons. The molecule has 0 amide bonds. The lowest BCUT2D eigenvalue weighted by Crippen LogP contribution is -2.08. The minimum absolute atomic E-state index is 0.340. The summed E-state index contributed by atoms with van der Waals surface area (Å²) >= 11 is 0. The molecular formula is C30H41NO3. The van der Waals surface area contributed by atoms with E-state index in [4.69, 9.17) is 5.11 Å². The average molecular weight is 464 g/mol. The van der Waals surface area contributed by atoms with Gasteiger partial charge < -0.3 is 14.8 Å². The van der Waals surface area contributed by atoms with Crippen molar-refractivity contribution in [1.29, 1.82) is 0 Å². The van der Waals surface area contributed by atoms with E-state index in [-0.39, 0.29) is 6.10 Å². The van der Waals surface area contributed by atoms with Crippen molar-refractivity contribution in [2.45, 2.75) is 73.5 Å². The number of carboxylic acid groups (broad SMARTS) is 1. The monoisotopic (exact) mass is 463 g/mol. The topological polar surface area (TPSA) is 62.5 Å². The molecule has 0 saturated heterocycles. The Morgan fingerprint density at radius 1 is 1.09 bits per heavy atom. The number of benzene rings is 2. The second-order valence-electron chi connectivity index (χ2n) is 7.99. The Morgan fingerprint density at radius 3 is 2.21 bits per heavy atom. The van der Waals surface area contributed by atoms with E-state index >= 15 is 0 Å². The number of aromatic carboxylic acids is 1. The van der Waals surface area contributed by atoms with Crippen molar-refractivity contribution in [2.24, 2.45) is 0 Å². The van der Waals surface area contributed by atoms with Gasteiger partial charge in [0.25, 0.3) is 0 Å². The van der Waals surface area contributed by atoms with Crippen LogP contribution in [0.3, 0.4) is 0 Å². The molecule has 0 spiro atoms. The third kappa shape index (κ3) is 7.74. The minimum Gasteiger partial charge on any atom is -0.477 e. The summed E-state index contributed by atoms with van der Waals surface area (Å²) in [6.07, 6.45) is 6.08. The number of allylic oxidation sites excluding steroid dienone is 1. The van der Waals surface area contributed by atoms with E-state index in [1.54, 1.807) is 6.08 Å². The molecule has 1 unspecified atom stereocenters. The van der Waals surface area contributed by atoms with Gasteiger partial charge in [-0.25, -0.2) is 4.79 Å². The Bertz CT molecular complexity index is 1070. The molecule has 2 aromatic carbocycles. The molecule has 0 saturated carbocycles. The molecule has 4 nitrogen and oxygen atoms in total. The van der Waals surface area contributed by atoms with Gasteiger partial charge in [-0.3, -0.25) is 0 Å². The zero-order valence-electron chi connectivity index (χ0n) is 21.6. The van der Waals surface area contributed by atoms with Crippen molar-refractivity contribution in [2.75, 3.05) is 0 Å². The van der Waals surface area contributed by atoms with E-state index in [0.717, 1.165) is 40.4 Å². The van der Waals surface area contributed by atoms with Crippen LogP contribution in [0.15, 0.2) is 72.8 Å². The lowest BCUT2D eigenvalue weighted by molar-refractivity contribution is 0.0686. The number of carbonyl (C=O) groups is 1. The number of fused-ring (bicyclic) bond motifs is 1. The number of aliphatic hydroxyl groups is 1. The minimum atomic E-state index is -0.879. The van der Waals surface area contributed by atoms with Gasteiger partial charge in [0, 0.05) is 23.0 Å². The van der Waals surface area contributed by atoms with Crippen molar-refractivity contribution in [3.8, 4) is 11.1 Å². The summed E-state index contributed by atoms with van der Waals surface area (Å²) < 4.78 is 1.88. The number of rotatable bonds is 8. The van der Waals surface area contributed by atoms with Crippen molar-refractivity contribution in [1.82, 2.24) is 4.57 Å². The van der Waals surface area contributed by atoms with Gasteiger partial charge in [-0.15, -0.1) is 6.58 Å². The SMILES string of the molecule is C=C(C)CC(O)/C=C\C.CC.CCCc1ccc(-c2c(C(=O)O)n(CC)c3ccccc23)cc1. The van der Waals surface area contributed by atoms with Crippen LogP contribution in [0.4, 0.5) is 0 Å². The zero-order valence-corrected chi connectivity index (χ0v) is 21.6. The first kappa shape index (κ1) is 28.9. The summed E-state index contributed by atoms with van der Waals surface area (Å²) in [6.45, 7) is 16.3. The molecule has 1 heterocycles. The van der Waals surface area contributed by atoms with Crippen LogP contribution in [0.2, 0.25) is 0 Å². The fraction of sp³-hybridized carbons (Fsp3) is 0.367. The van der Waals surface area contributed by atoms with Crippen LogP contribution >= 0.6 is 0 Å². The largest absolute Gasteiger partial charge is 0.477 e. The van der Waals surface area contributed by atoms with Crippen molar-refractivity contribution in [3.05, 3.63) is 84.1 Å². The predicted molar refractivity (Wildman–Crippen MR) is 146 cm³/mol. The highest BCUT2D eigenvalue weighted by Crippen LogP contribution is 2.35. The normalized spacial score (nSPS) is 11.4. The van der Waals surface area contributed by atoms with Crippen LogP contribution in [0.5, 0.6) is 0 Å². The Hall–Kier alpha value is -3.11. The van der Waals surface area contributed by atoms with Gasteiger partial charge in [-0.1, -0.05) is 87.4 Å². The Balaban J connectivity index is 0.000000446.